The Balaban J connectivity index is 1.94. The molecule has 0 bridgehead atoms. The Morgan fingerprint density at radius 2 is 1.82 bits per heavy atom. The molecular weight excluding hydrogens is 282 g/mol. The van der Waals surface area contributed by atoms with Crippen molar-refractivity contribution in [2.45, 2.75) is 13.8 Å². The zero-order chi connectivity index (χ0) is 15.7. The summed E-state index contributed by atoms with van der Waals surface area (Å²) in [6, 6.07) is 10.5. The van der Waals surface area contributed by atoms with Gasteiger partial charge in [-0.1, -0.05) is 17.7 Å². The number of carbonyl (C=O) groups excluding carboxylic acids is 2. The molecule has 22 heavy (non-hydrogen) atoms. The average molecular weight is 297 g/mol. The highest BCUT2D eigenvalue weighted by Crippen LogP contribution is 2.37. The molecule has 1 N–H and O–H groups in total. The maximum absolute atomic E-state index is 12.3. The number of hydrogen-bond donors (Lipinski definition) is 1. The smallest absolute Gasteiger partial charge is 0.255 e. The first-order valence-electron chi connectivity index (χ1n) is 6.87. The van der Waals surface area contributed by atoms with Crippen LogP contribution in [-0.2, 0) is 0 Å². The molecule has 112 valence electrons. The molecule has 2 aromatic carbocycles. The second kappa shape index (κ2) is 5.52. The third kappa shape index (κ3) is 2.65. The van der Waals surface area contributed by atoms with Gasteiger partial charge in [0.05, 0.1) is 5.69 Å². The second-order valence-corrected chi connectivity index (χ2v) is 5.13. The first-order chi connectivity index (χ1) is 10.5. The minimum Gasteiger partial charge on any atom is -0.454 e. The van der Waals surface area contributed by atoms with E-state index in [0.717, 1.165) is 5.56 Å². The predicted molar refractivity (Wildman–Crippen MR) is 81.7 cm³/mol. The number of amides is 1. The van der Waals surface area contributed by atoms with E-state index in [4.69, 9.17) is 9.47 Å². The summed E-state index contributed by atoms with van der Waals surface area (Å²) < 4.78 is 10.6. The van der Waals surface area contributed by atoms with E-state index in [0.29, 0.717) is 28.3 Å². The largest absolute Gasteiger partial charge is 0.454 e. The Morgan fingerprint density at radius 3 is 2.50 bits per heavy atom. The summed E-state index contributed by atoms with van der Waals surface area (Å²) in [4.78, 5) is 24.1. The molecule has 5 heteroatoms. The lowest BCUT2D eigenvalue weighted by atomic mass is 10.1. The lowest BCUT2D eigenvalue weighted by molar-refractivity contribution is 0.101. The van der Waals surface area contributed by atoms with Crippen molar-refractivity contribution in [2.75, 3.05) is 12.1 Å². The zero-order valence-electron chi connectivity index (χ0n) is 12.3. The molecule has 0 aliphatic carbocycles. The number of ketones is 1. The Hall–Kier alpha value is -2.82. The maximum atomic E-state index is 12.3. The van der Waals surface area contributed by atoms with Crippen LogP contribution in [0.2, 0.25) is 0 Å². The molecule has 1 amide bonds. The summed E-state index contributed by atoms with van der Waals surface area (Å²) in [5.74, 6) is 0.603. The maximum Gasteiger partial charge on any atom is 0.255 e. The van der Waals surface area contributed by atoms with Gasteiger partial charge in [0.2, 0.25) is 6.79 Å². The number of ether oxygens (including phenoxy) is 2. The summed E-state index contributed by atoms with van der Waals surface area (Å²) in [6.07, 6.45) is 0. The summed E-state index contributed by atoms with van der Waals surface area (Å²) >= 11 is 0. The van der Waals surface area contributed by atoms with Crippen molar-refractivity contribution in [1.82, 2.24) is 0 Å². The minimum absolute atomic E-state index is 0.113. The fourth-order valence-corrected chi connectivity index (χ4v) is 2.32. The standard InChI is InChI=1S/C17H15NO4/c1-10-4-3-5-12(6-10)17(20)18-14-8-16-15(21-9-22-16)7-13(14)11(2)19/h3-8H,9H2,1-2H3,(H,18,20). The molecule has 0 unspecified atom stereocenters. The molecule has 3 rings (SSSR count). The SMILES string of the molecule is CC(=O)c1cc2c(cc1NC(=O)c1cccc(C)c1)OCO2. The minimum atomic E-state index is -0.273. The third-order valence-corrected chi connectivity index (χ3v) is 3.42. The Morgan fingerprint density at radius 1 is 1.09 bits per heavy atom. The molecule has 1 aliphatic heterocycles. The van der Waals surface area contributed by atoms with Crippen LogP contribution in [0.3, 0.4) is 0 Å². The van der Waals surface area contributed by atoms with Crippen molar-refractivity contribution < 1.29 is 19.1 Å². The Bertz CT molecular complexity index is 767. The molecule has 0 fully saturated rings. The molecular formula is C17H15NO4. The molecule has 1 aliphatic rings. The van der Waals surface area contributed by atoms with Crippen LogP contribution >= 0.6 is 0 Å². The number of benzene rings is 2. The van der Waals surface area contributed by atoms with E-state index < -0.39 is 0 Å². The molecule has 0 spiro atoms. The fraction of sp³-hybridized carbons (Fsp3) is 0.176. The van der Waals surface area contributed by atoms with E-state index in [1.165, 1.54) is 6.92 Å². The van der Waals surface area contributed by atoms with Crippen molar-refractivity contribution in [3.8, 4) is 11.5 Å². The van der Waals surface area contributed by atoms with Gasteiger partial charge in [-0.15, -0.1) is 0 Å². The second-order valence-electron chi connectivity index (χ2n) is 5.13. The number of hydrogen-bond acceptors (Lipinski definition) is 4. The summed E-state index contributed by atoms with van der Waals surface area (Å²) in [7, 11) is 0. The van der Waals surface area contributed by atoms with Gasteiger partial charge in [-0.2, -0.15) is 0 Å². The van der Waals surface area contributed by atoms with Crippen LogP contribution in [0.15, 0.2) is 36.4 Å². The molecule has 0 saturated carbocycles. The van der Waals surface area contributed by atoms with Crippen molar-refractivity contribution >= 4 is 17.4 Å². The number of fused-ring (bicyclic) bond motifs is 1. The van der Waals surface area contributed by atoms with Crippen LogP contribution in [0.4, 0.5) is 5.69 Å². The average Bonchev–Trinajstić information content (AvgIpc) is 2.93. The molecule has 0 saturated heterocycles. The Kier molecular flexibility index (Phi) is 3.55. The number of carbonyl (C=O) groups is 2. The molecule has 0 atom stereocenters. The summed E-state index contributed by atoms with van der Waals surface area (Å²) in [5.41, 5.74) is 2.34. The lowest BCUT2D eigenvalue weighted by Crippen LogP contribution is -2.14. The molecule has 1 heterocycles. The van der Waals surface area contributed by atoms with E-state index in [9.17, 15) is 9.59 Å². The van der Waals surface area contributed by atoms with Crippen LogP contribution in [0.1, 0.15) is 33.2 Å². The van der Waals surface area contributed by atoms with Crippen molar-refractivity contribution in [3.63, 3.8) is 0 Å². The van der Waals surface area contributed by atoms with Gasteiger partial charge in [-0.25, -0.2) is 0 Å². The summed E-state index contributed by atoms with van der Waals surface area (Å²) in [5, 5.41) is 2.77. The first kappa shape index (κ1) is 14.1. The topological polar surface area (TPSA) is 64.6 Å². The van der Waals surface area contributed by atoms with Crippen molar-refractivity contribution in [2.24, 2.45) is 0 Å². The van der Waals surface area contributed by atoms with Gasteiger partial charge in [-0.05, 0) is 32.0 Å². The number of rotatable bonds is 3. The highest BCUT2D eigenvalue weighted by Gasteiger charge is 2.20. The van der Waals surface area contributed by atoms with Gasteiger partial charge in [0.15, 0.2) is 17.3 Å². The number of aryl methyl sites for hydroxylation is 1. The third-order valence-electron chi connectivity index (χ3n) is 3.42. The number of nitrogens with one attached hydrogen (secondary N) is 1. The lowest BCUT2D eigenvalue weighted by Gasteiger charge is -2.11. The van der Waals surface area contributed by atoms with Crippen LogP contribution in [0.5, 0.6) is 11.5 Å². The van der Waals surface area contributed by atoms with Crippen LogP contribution in [-0.4, -0.2) is 18.5 Å². The highest BCUT2D eigenvalue weighted by molar-refractivity contribution is 6.09. The van der Waals surface area contributed by atoms with E-state index >= 15 is 0 Å². The van der Waals surface area contributed by atoms with Gasteiger partial charge < -0.3 is 14.8 Å². The van der Waals surface area contributed by atoms with Crippen molar-refractivity contribution in [1.29, 1.82) is 0 Å². The molecule has 2 aromatic rings. The number of anilines is 1. The number of Topliss-reactive ketones (excluding diaryl/α,β-unsaturated/α-hetero) is 1. The normalized spacial score (nSPS) is 12.1. The van der Waals surface area contributed by atoms with Gasteiger partial charge in [0.1, 0.15) is 0 Å². The fourth-order valence-electron chi connectivity index (χ4n) is 2.32. The molecule has 0 aromatic heterocycles. The highest BCUT2D eigenvalue weighted by atomic mass is 16.7. The monoisotopic (exact) mass is 297 g/mol. The van der Waals surface area contributed by atoms with E-state index in [-0.39, 0.29) is 18.5 Å². The van der Waals surface area contributed by atoms with Crippen LogP contribution in [0, 0.1) is 6.92 Å². The quantitative estimate of drug-likeness (QED) is 0.884. The molecule has 0 radical (unpaired) electrons. The van der Waals surface area contributed by atoms with E-state index in [1.54, 1.807) is 24.3 Å². The van der Waals surface area contributed by atoms with Crippen molar-refractivity contribution in [3.05, 3.63) is 53.1 Å². The molecule has 5 nitrogen and oxygen atoms in total. The van der Waals surface area contributed by atoms with Gasteiger partial charge in [0, 0.05) is 17.2 Å². The van der Waals surface area contributed by atoms with E-state index in [1.807, 2.05) is 19.1 Å². The van der Waals surface area contributed by atoms with Gasteiger partial charge in [-0.3, -0.25) is 9.59 Å². The van der Waals surface area contributed by atoms with Crippen LogP contribution in [0.25, 0.3) is 0 Å². The van der Waals surface area contributed by atoms with E-state index in [2.05, 4.69) is 5.32 Å². The Labute approximate surface area is 127 Å². The van der Waals surface area contributed by atoms with Gasteiger partial charge in [0.25, 0.3) is 5.91 Å². The summed E-state index contributed by atoms with van der Waals surface area (Å²) in [6.45, 7) is 3.47. The van der Waals surface area contributed by atoms with Gasteiger partial charge >= 0.3 is 0 Å². The van der Waals surface area contributed by atoms with Crippen LogP contribution < -0.4 is 14.8 Å². The zero-order valence-corrected chi connectivity index (χ0v) is 12.3. The first-order valence-corrected chi connectivity index (χ1v) is 6.87. The predicted octanol–water partition coefficient (Wildman–Crippen LogP) is 3.18.